The Bertz CT molecular complexity index is 286. The van der Waals surface area contributed by atoms with E-state index in [1.807, 2.05) is 6.07 Å². The van der Waals surface area contributed by atoms with Gasteiger partial charge >= 0.3 is 0 Å². The summed E-state index contributed by atoms with van der Waals surface area (Å²) in [5.41, 5.74) is 0. The summed E-state index contributed by atoms with van der Waals surface area (Å²) in [5, 5.41) is 3.73. The normalized spacial score (nSPS) is 27.9. The fourth-order valence-electron chi connectivity index (χ4n) is 2.60. The van der Waals surface area contributed by atoms with Gasteiger partial charge in [-0.1, -0.05) is 13.8 Å². The van der Waals surface area contributed by atoms with E-state index in [0.717, 1.165) is 18.1 Å². The highest BCUT2D eigenvalue weighted by molar-refractivity contribution is 5.04. The minimum Gasteiger partial charge on any atom is -0.468 e. The van der Waals surface area contributed by atoms with Crippen molar-refractivity contribution in [2.75, 3.05) is 0 Å². The third-order valence-corrected chi connectivity index (χ3v) is 3.75. The van der Waals surface area contributed by atoms with Gasteiger partial charge in [0, 0.05) is 6.04 Å². The third kappa shape index (κ3) is 2.88. The Morgan fingerprint density at radius 1 is 1.38 bits per heavy atom. The van der Waals surface area contributed by atoms with Gasteiger partial charge < -0.3 is 9.73 Å². The molecule has 1 heterocycles. The minimum absolute atomic E-state index is 0.397. The van der Waals surface area contributed by atoms with Crippen molar-refractivity contribution < 1.29 is 4.42 Å². The fraction of sp³-hybridized carbons (Fsp3) is 0.714. The van der Waals surface area contributed by atoms with Crippen molar-refractivity contribution in [2.45, 2.75) is 58.0 Å². The minimum atomic E-state index is 0.397. The highest BCUT2D eigenvalue weighted by Gasteiger charge is 2.21. The molecule has 0 saturated heterocycles. The zero-order valence-electron chi connectivity index (χ0n) is 10.4. The molecule has 2 rings (SSSR count). The van der Waals surface area contributed by atoms with Gasteiger partial charge in [0.1, 0.15) is 5.76 Å². The van der Waals surface area contributed by atoms with Crippen molar-refractivity contribution in [1.82, 2.24) is 5.32 Å². The van der Waals surface area contributed by atoms with Crippen LogP contribution in [-0.2, 0) is 0 Å². The van der Waals surface area contributed by atoms with E-state index in [-0.39, 0.29) is 0 Å². The van der Waals surface area contributed by atoms with E-state index in [1.54, 1.807) is 6.26 Å². The van der Waals surface area contributed by atoms with Crippen LogP contribution < -0.4 is 5.32 Å². The summed E-state index contributed by atoms with van der Waals surface area (Å²) in [6.45, 7) is 4.58. The topological polar surface area (TPSA) is 25.2 Å². The molecule has 1 saturated carbocycles. The molecule has 90 valence electrons. The Hall–Kier alpha value is -0.760. The van der Waals surface area contributed by atoms with Crippen LogP contribution >= 0.6 is 0 Å². The highest BCUT2D eigenvalue weighted by Crippen LogP contribution is 2.26. The van der Waals surface area contributed by atoms with Crippen molar-refractivity contribution in [1.29, 1.82) is 0 Å². The second-order valence-electron chi connectivity index (χ2n) is 5.10. The van der Waals surface area contributed by atoms with Crippen molar-refractivity contribution in [2.24, 2.45) is 5.92 Å². The van der Waals surface area contributed by atoms with Crippen LogP contribution in [0.25, 0.3) is 0 Å². The van der Waals surface area contributed by atoms with Crippen molar-refractivity contribution in [3.63, 3.8) is 0 Å². The van der Waals surface area contributed by atoms with Crippen molar-refractivity contribution >= 4 is 0 Å². The molecule has 0 aromatic carbocycles. The average Bonchev–Trinajstić information content (AvgIpc) is 2.82. The summed E-state index contributed by atoms with van der Waals surface area (Å²) in [7, 11) is 0. The molecular weight excluding hydrogens is 198 g/mol. The SMILES string of the molecule is CCC(NC1CCC(C)CC1)c1ccco1. The summed E-state index contributed by atoms with van der Waals surface area (Å²) in [6, 6.07) is 5.13. The molecule has 0 bridgehead atoms. The Balaban J connectivity index is 1.87. The predicted molar refractivity (Wildman–Crippen MR) is 66.3 cm³/mol. The Morgan fingerprint density at radius 3 is 2.69 bits per heavy atom. The lowest BCUT2D eigenvalue weighted by Gasteiger charge is -2.30. The molecule has 1 aromatic rings. The molecule has 2 heteroatoms. The fourth-order valence-corrected chi connectivity index (χ4v) is 2.60. The monoisotopic (exact) mass is 221 g/mol. The summed E-state index contributed by atoms with van der Waals surface area (Å²) >= 11 is 0. The lowest BCUT2D eigenvalue weighted by atomic mass is 9.87. The van der Waals surface area contributed by atoms with Crippen LogP contribution in [0, 0.1) is 5.92 Å². The largest absolute Gasteiger partial charge is 0.468 e. The Kier molecular flexibility index (Phi) is 4.05. The second kappa shape index (κ2) is 5.53. The highest BCUT2D eigenvalue weighted by atomic mass is 16.3. The lowest BCUT2D eigenvalue weighted by molar-refractivity contribution is 0.271. The zero-order valence-corrected chi connectivity index (χ0v) is 10.4. The lowest BCUT2D eigenvalue weighted by Crippen LogP contribution is -2.35. The van der Waals surface area contributed by atoms with Gasteiger partial charge in [0.15, 0.2) is 0 Å². The van der Waals surface area contributed by atoms with Gasteiger partial charge in [-0.05, 0) is 50.2 Å². The number of furan rings is 1. The molecule has 2 nitrogen and oxygen atoms in total. The maximum atomic E-state index is 5.49. The van der Waals surface area contributed by atoms with E-state index >= 15 is 0 Å². The number of hydrogen-bond acceptors (Lipinski definition) is 2. The summed E-state index contributed by atoms with van der Waals surface area (Å²) in [4.78, 5) is 0. The van der Waals surface area contributed by atoms with Crippen LogP contribution in [0.3, 0.4) is 0 Å². The molecule has 0 amide bonds. The molecule has 1 aliphatic rings. The van der Waals surface area contributed by atoms with Crippen LogP contribution in [0.2, 0.25) is 0 Å². The van der Waals surface area contributed by atoms with Gasteiger partial charge in [-0.15, -0.1) is 0 Å². The summed E-state index contributed by atoms with van der Waals surface area (Å²) in [6.07, 6.45) is 8.23. The third-order valence-electron chi connectivity index (χ3n) is 3.75. The summed E-state index contributed by atoms with van der Waals surface area (Å²) < 4.78 is 5.49. The number of rotatable bonds is 4. The summed E-state index contributed by atoms with van der Waals surface area (Å²) in [5.74, 6) is 2.00. The first-order valence-corrected chi connectivity index (χ1v) is 6.59. The number of hydrogen-bond donors (Lipinski definition) is 1. The van der Waals surface area contributed by atoms with Crippen molar-refractivity contribution in [3.05, 3.63) is 24.2 Å². The first-order chi connectivity index (χ1) is 7.79. The van der Waals surface area contributed by atoms with E-state index in [9.17, 15) is 0 Å². The van der Waals surface area contributed by atoms with Gasteiger partial charge in [0.25, 0.3) is 0 Å². The van der Waals surface area contributed by atoms with Crippen molar-refractivity contribution in [3.8, 4) is 0 Å². The van der Waals surface area contributed by atoms with Gasteiger partial charge in [-0.3, -0.25) is 0 Å². The smallest absolute Gasteiger partial charge is 0.120 e. The van der Waals surface area contributed by atoms with E-state index in [0.29, 0.717) is 12.1 Å². The first-order valence-electron chi connectivity index (χ1n) is 6.59. The molecule has 1 N–H and O–H groups in total. The second-order valence-corrected chi connectivity index (χ2v) is 5.10. The molecule has 0 spiro atoms. The molecule has 0 aliphatic heterocycles. The van der Waals surface area contributed by atoms with E-state index in [1.165, 1.54) is 25.7 Å². The Morgan fingerprint density at radius 2 is 2.12 bits per heavy atom. The molecule has 1 aliphatic carbocycles. The number of nitrogens with one attached hydrogen (secondary N) is 1. The van der Waals surface area contributed by atoms with E-state index in [2.05, 4.69) is 25.2 Å². The maximum absolute atomic E-state index is 5.49. The molecule has 16 heavy (non-hydrogen) atoms. The quantitative estimate of drug-likeness (QED) is 0.834. The van der Waals surface area contributed by atoms with Gasteiger partial charge in [-0.2, -0.15) is 0 Å². The first kappa shape index (κ1) is 11.7. The molecule has 1 fully saturated rings. The van der Waals surface area contributed by atoms with Gasteiger partial charge in [0.05, 0.1) is 12.3 Å². The van der Waals surface area contributed by atoms with Crippen LogP contribution in [0.1, 0.15) is 57.8 Å². The maximum Gasteiger partial charge on any atom is 0.120 e. The molecular formula is C14H23NO. The van der Waals surface area contributed by atoms with Crippen LogP contribution in [0.4, 0.5) is 0 Å². The molecule has 0 radical (unpaired) electrons. The zero-order chi connectivity index (χ0) is 11.4. The standard InChI is InChI=1S/C14H23NO/c1-3-13(14-5-4-10-16-14)15-12-8-6-11(2)7-9-12/h4-5,10-13,15H,3,6-9H2,1-2H3. The van der Waals surface area contributed by atoms with E-state index in [4.69, 9.17) is 4.42 Å². The van der Waals surface area contributed by atoms with Crippen LogP contribution in [0.15, 0.2) is 22.8 Å². The van der Waals surface area contributed by atoms with Crippen LogP contribution in [0.5, 0.6) is 0 Å². The Labute approximate surface area is 98.4 Å². The predicted octanol–water partition coefficient (Wildman–Crippen LogP) is 3.90. The molecule has 1 aromatic heterocycles. The average molecular weight is 221 g/mol. The molecule has 1 unspecified atom stereocenters. The van der Waals surface area contributed by atoms with Gasteiger partial charge in [0.2, 0.25) is 0 Å². The van der Waals surface area contributed by atoms with E-state index < -0.39 is 0 Å². The van der Waals surface area contributed by atoms with Crippen LogP contribution in [-0.4, -0.2) is 6.04 Å². The van der Waals surface area contributed by atoms with Gasteiger partial charge in [-0.25, -0.2) is 0 Å². The molecule has 1 atom stereocenters.